The molecule has 134 valence electrons. The topological polar surface area (TPSA) is 48.7 Å². The van der Waals surface area contributed by atoms with Crippen molar-refractivity contribution in [1.82, 2.24) is 20.0 Å². The van der Waals surface area contributed by atoms with Gasteiger partial charge < -0.3 is 15.1 Å². The van der Waals surface area contributed by atoms with Gasteiger partial charge in [0.25, 0.3) is 0 Å². The highest BCUT2D eigenvalue weighted by Gasteiger charge is 2.19. The second kappa shape index (κ2) is 8.76. The molecular weight excluding hydrogens is 336 g/mol. The average molecular weight is 361 g/mol. The fourth-order valence-electron chi connectivity index (χ4n) is 3.06. The molecule has 0 amide bonds. The number of aromatic nitrogens is 2. The second-order valence-electron chi connectivity index (χ2n) is 6.05. The summed E-state index contributed by atoms with van der Waals surface area (Å²) in [4.78, 5) is 9.11. The maximum absolute atomic E-state index is 6.10. The second-order valence-corrected chi connectivity index (χ2v) is 6.49. The molecule has 7 heteroatoms. The van der Waals surface area contributed by atoms with E-state index in [0.29, 0.717) is 0 Å². The van der Waals surface area contributed by atoms with Gasteiger partial charge in [0.15, 0.2) is 5.96 Å². The number of benzene rings is 1. The zero-order valence-corrected chi connectivity index (χ0v) is 15.4. The third kappa shape index (κ3) is 4.89. The molecule has 0 unspecified atom stereocenters. The first-order valence-corrected chi connectivity index (χ1v) is 9.07. The van der Waals surface area contributed by atoms with Crippen molar-refractivity contribution in [2.45, 2.75) is 13.0 Å². The summed E-state index contributed by atoms with van der Waals surface area (Å²) < 4.78 is 1.95. The van der Waals surface area contributed by atoms with Gasteiger partial charge in [-0.05, 0) is 30.7 Å². The molecule has 1 aromatic heterocycles. The summed E-state index contributed by atoms with van der Waals surface area (Å²) in [6.45, 7) is 5.64. The van der Waals surface area contributed by atoms with E-state index in [1.165, 1.54) is 5.69 Å². The first-order chi connectivity index (χ1) is 12.3. The fourth-order valence-corrected chi connectivity index (χ4v) is 3.24. The first-order valence-electron chi connectivity index (χ1n) is 8.70. The van der Waals surface area contributed by atoms with E-state index >= 15 is 0 Å². The largest absolute Gasteiger partial charge is 0.368 e. The van der Waals surface area contributed by atoms with Crippen molar-refractivity contribution in [1.29, 1.82) is 0 Å². The van der Waals surface area contributed by atoms with Crippen LogP contribution in [-0.4, -0.2) is 60.4 Å². The van der Waals surface area contributed by atoms with Crippen LogP contribution in [0.5, 0.6) is 0 Å². The van der Waals surface area contributed by atoms with Gasteiger partial charge in [-0.2, -0.15) is 5.10 Å². The Bertz CT molecular complexity index is 677. The van der Waals surface area contributed by atoms with Gasteiger partial charge in [0, 0.05) is 69.4 Å². The third-order valence-electron chi connectivity index (χ3n) is 4.37. The molecule has 0 radical (unpaired) electrons. The third-order valence-corrected chi connectivity index (χ3v) is 4.61. The molecule has 0 bridgehead atoms. The average Bonchev–Trinajstić information content (AvgIpc) is 3.16. The number of hydrogen-bond acceptors (Lipinski definition) is 3. The van der Waals surface area contributed by atoms with Gasteiger partial charge in [0.05, 0.1) is 0 Å². The van der Waals surface area contributed by atoms with Crippen LogP contribution < -0.4 is 10.2 Å². The van der Waals surface area contributed by atoms with Gasteiger partial charge in [0.2, 0.25) is 0 Å². The number of anilines is 1. The van der Waals surface area contributed by atoms with Crippen LogP contribution in [-0.2, 0) is 6.54 Å². The molecule has 0 atom stereocenters. The summed E-state index contributed by atoms with van der Waals surface area (Å²) in [6, 6.07) is 10.0. The Labute approximate surface area is 154 Å². The van der Waals surface area contributed by atoms with E-state index in [4.69, 9.17) is 11.6 Å². The quantitative estimate of drug-likeness (QED) is 0.505. The lowest BCUT2D eigenvalue weighted by Crippen LogP contribution is -2.52. The van der Waals surface area contributed by atoms with Crippen LogP contribution in [0.4, 0.5) is 5.69 Å². The summed E-state index contributed by atoms with van der Waals surface area (Å²) in [7, 11) is 1.85. The predicted octanol–water partition coefficient (Wildman–Crippen LogP) is 2.32. The molecule has 6 nitrogen and oxygen atoms in total. The number of guanidine groups is 1. The number of aliphatic imine (C=N–C) groups is 1. The maximum atomic E-state index is 6.10. The minimum absolute atomic E-state index is 0.787. The molecule has 0 saturated carbocycles. The molecule has 3 rings (SSSR count). The molecule has 2 heterocycles. The summed E-state index contributed by atoms with van der Waals surface area (Å²) in [5, 5.41) is 8.47. The highest BCUT2D eigenvalue weighted by molar-refractivity contribution is 6.30. The summed E-state index contributed by atoms with van der Waals surface area (Å²) in [6.07, 6.45) is 4.82. The Morgan fingerprint density at radius 2 is 2.08 bits per heavy atom. The van der Waals surface area contributed by atoms with Crippen molar-refractivity contribution >= 4 is 23.2 Å². The molecule has 25 heavy (non-hydrogen) atoms. The smallest absolute Gasteiger partial charge is 0.193 e. The Kier molecular flexibility index (Phi) is 6.17. The van der Waals surface area contributed by atoms with Crippen molar-refractivity contribution in [2.24, 2.45) is 4.99 Å². The lowest BCUT2D eigenvalue weighted by molar-refractivity contribution is 0.371. The van der Waals surface area contributed by atoms with Gasteiger partial charge in [-0.1, -0.05) is 17.7 Å². The number of nitrogens with one attached hydrogen (secondary N) is 1. The minimum atomic E-state index is 0.787. The molecule has 1 N–H and O–H groups in total. The van der Waals surface area contributed by atoms with Crippen LogP contribution in [0.2, 0.25) is 5.02 Å². The lowest BCUT2D eigenvalue weighted by atomic mass is 10.2. The predicted molar refractivity (Wildman–Crippen MR) is 103 cm³/mol. The van der Waals surface area contributed by atoms with E-state index in [1.54, 1.807) is 0 Å². The van der Waals surface area contributed by atoms with Crippen molar-refractivity contribution in [3.05, 3.63) is 47.7 Å². The SMILES string of the molecule is CN=C(NCCCn1cccn1)N1CCN(c2cccc(Cl)c2)CC1. The van der Waals surface area contributed by atoms with Crippen LogP contribution in [0.25, 0.3) is 0 Å². The van der Waals surface area contributed by atoms with Crippen LogP contribution in [0, 0.1) is 0 Å². The molecule has 1 saturated heterocycles. The van der Waals surface area contributed by atoms with E-state index in [0.717, 1.165) is 56.7 Å². The lowest BCUT2D eigenvalue weighted by Gasteiger charge is -2.37. The number of piperazine rings is 1. The monoisotopic (exact) mass is 360 g/mol. The molecule has 1 fully saturated rings. The van der Waals surface area contributed by atoms with Crippen LogP contribution in [0.3, 0.4) is 0 Å². The fraction of sp³-hybridized carbons (Fsp3) is 0.444. The molecule has 1 aliphatic rings. The number of rotatable bonds is 5. The number of hydrogen-bond donors (Lipinski definition) is 1. The van der Waals surface area contributed by atoms with E-state index in [9.17, 15) is 0 Å². The molecule has 1 aromatic carbocycles. The van der Waals surface area contributed by atoms with Crippen molar-refractivity contribution < 1.29 is 0 Å². The standard InChI is InChI=1S/C18H25ClN6/c1-20-18(21-7-3-9-25-10-4-8-22-25)24-13-11-23(12-14-24)17-6-2-5-16(19)15-17/h2,4-6,8,10,15H,3,7,9,11-14H2,1H3,(H,20,21). The zero-order valence-electron chi connectivity index (χ0n) is 14.6. The van der Waals surface area contributed by atoms with E-state index in [2.05, 4.69) is 31.3 Å². The zero-order chi connectivity index (χ0) is 17.5. The van der Waals surface area contributed by atoms with E-state index in [1.807, 2.05) is 48.4 Å². The van der Waals surface area contributed by atoms with Crippen LogP contribution >= 0.6 is 11.6 Å². The Morgan fingerprint density at radius 3 is 2.76 bits per heavy atom. The Morgan fingerprint density at radius 1 is 1.24 bits per heavy atom. The number of nitrogens with zero attached hydrogens (tertiary/aromatic N) is 5. The van der Waals surface area contributed by atoms with Gasteiger partial charge in [-0.25, -0.2) is 0 Å². The van der Waals surface area contributed by atoms with Crippen LogP contribution in [0.1, 0.15) is 6.42 Å². The maximum Gasteiger partial charge on any atom is 0.193 e. The summed E-state index contributed by atoms with van der Waals surface area (Å²) in [5.41, 5.74) is 1.19. The Balaban J connectivity index is 1.44. The minimum Gasteiger partial charge on any atom is -0.368 e. The highest BCUT2D eigenvalue weighted by atomic mass is 35.5. The molecule has 1 aliphatic heterocycles. The normalized spacial score (nSPS) is 15.5. The van der Waals surface area contributed by atoms with Crippen LogP contribution in [0.15, 0.2) is 47.7 Å². The van der Waals surface area contributed by atoms with Crippen molar-refractivity contribution in [3.63, 3.8) is 0 Å². The van der Waals surface area contributed by atoms with Gasteiger partial charge in [-0.3, -0.25) is 9.67 Å². The number of aryl methyl sites for hydroxylation is 1. The van der Waals surface area contributed by atoms with Gasteiger partial charge in [0.1, 0.15) is 0 Å². The van der Waals surface area contributed by atoms with E-state index in [-0.39, 0.29) is 0 Å². The molecular formula is C18H25ClN6. The number of halogens is 1. The van der Waals surface area contributed by atoms with Crippen molar-refractivity contribution in [2.75, 3.05) is 44.7 Å². The highest BCUT2D eigenvalue weighted by Crippen LogP contribution is 2.20. The van der Waals surface area contributed by atoms with Crippen molar-refractivity contribution in [3.8, 4) is 0 Å². The molecule has 0 aliphatic carbocycles. The van der Waals surface area contributed by atoms with Gasteiger partial charge in [-0.15, -0.1) is 0 Å². The van der Waals surface area contributed by atoms with Gasteiger partial charge >= 0.3 is 0 Å². The Hall–Kier alpha value is -2.21. The summed E-state index contributed by atoms with van der Waals surface area (Å²) >= 11 is 6.10. The molecule has 0 spiro atoms. The van der Waals surface area contributed by atoms with E-state index < -0.39 is 0 Å². The molecule has 2 aromatic rings. The first kappa shape index (κ1) is 17.6. The summed E-state index contributed by atoms with van der Waals surface area (Å²) in [5.74, 6) is 0.978.